The first kappa shape index (κ1) is 11.1. The fourth-order valence-corrected chi connectivity index (χ4v) is 4.87. The lowest BCUT2D eigenvalue weighted by molar-refractivity contribution is 0.127. The third kappa shape index (κ3) is 2.17. The number of aliphatic hydroxyl groups excluding tert-OH is 1. The number of fused-ring (bicyclic) bond motifs is 1. The molecule has 3 aliphatic rings. The van der Waals surface area contributed by atoms with Gasteiger partial charge in [-0.05, 0) is 32.1 Å². The number of thioether (sulfide) groups is 1. The Morgan fingerprint density at radius 2 is 1.88 bits per heavy atom. The lowest BCUT2D eigenvalue weighted by Gasteiger charge is -2.26. The zero-order valence-electron chi connectivity index (χ0n) is 9.77. The zero-order chi connectivity index (χ0) is 11.0. The molecule has 2 nitrogen and oxygen atoms in total. The van der Waals surface area contributed by atoms with Gasteiger partial charge in [0.2, 0.25) is 0 Å². The molecule has 1 heterocycles. The maximum atomic E-state index is 9.69. The van der Waals surface area contributed by atoms with Crippen molar-refractivity contribution in [1.29, 1.82) is 0 Å². The minimum absolute atomic E-state index is 0.0605. The molecule has 3 heteroatoms. The molecule has 2 saturated carbocycles. The van der Waals surface area contributed by atoms with Crippen LogP contribution in [0.25, 0.3) is 0 Å². The molecule has 0 aromatic carbocycles. The number of rotatable bonds is 1. The van der Waals surface area contributed by atoms with Gasteiger partial charge in [-0.3, -0.25) is 4.99 Å². The van der Waals surface area contributed by atoms with Gasteiger partial charge in [-0.1, -0.05) is 19.3 Å². The molecule has 0 amide bonds. The Morgan fingerprint density at radius 1 is 1.06 bits per heavy atom. The van der Waals surface area contributed by atoms with Crippen LogP contribution in [0.5, 0.6) is 0 Å². The van der Waals surface area contributed by atoms with Crippen molar-refractivity contribution in [1.82, 2.24) is 0 Å². The monoisotopic (exact) mass is 239 g/mol. The highest BCUT2D eigenvalue weighted by molar-refractivity contribution is 8.14. The summed E-state index contributed by atoms with van der Waals surface area (Å²) >= 11 is 1.99. The molecule has 1 aliphatic heterocycles. The fourth-order valence-electron chi connectivity index (χ4n) is 3.27. The highest BCUT2D eigenvalue weighted by atomic mass is 32.2. The van der Waals surface area contributed by atoms with E-state index in [-0.39, 0.29) is 6.10 Å². The first-order valence-electron chi connectivity index (χ1n) is 6.75. The third-order valence-corrected chi connectivity index (χ3v) is 5.74. The Labute approximate surface area is 102 Å². The predicted molar refractivity (Wildman–Crippen MR) is 69.0 cm³/mol. The van der Waals surface area contributed by atoms with Crippen LogP contribution in [0.3, 0.4) is 0 Å². The van der Waals surface area contributed by atoms with Crippen LogP contribution in [-0.4, -0.2) is 27.5 Å². The summed E-state index contributed by atoms with van der Waals surface area (Å²) in [5.74, 6) is 0.765. The summed E-state index contributed by atoms with van der Waals surface area (Å²) in [6.45, 7) is 0. The highest BCUT2D eigenvalue weighted by Gasteiger charge is 2.37. The molecule has 3 atom stereocenters. The van der Waals surface area contributed by atoms with Gasteiger partial charge < -0.3 is 5.11 Å². The molecular weight excluding hydrogens is 218 g/mol. The summed E-state index contributed by atoms with van der Waals surface area (Å²) in [6.07, 6.45) is 9.88. The second-order valence-electron chi connectivity index (χ2n) is 5.49. The maximum absolute atomic E-state index is 9.69. The van der Waals surface area contributed by atoms with Gasteiger partial charge in [-0.2, -0.15) is 0 Å². The fraction of sp³-hybridized carbons (Fsp3) is 0.923. The quantitative estimate of drug-likeness (QED) is 0.763. The number of hydrogen-bond donors (Lipinski definition) is 1. The topological polar surface area (TPSA) is 32.6 Å². The van der Waals surface area contributed by atoms with Crippen molar-refractivity contribution in [2.75, 3.05) is 0 Å². The van der Waals surface area contributed by atoms with Gasteiger partial charge in [0.1, 0.15) is 0 Å². The van der Waals surface area contributed by atoms with Crippen molar-refractivity contribution < 1.29 is 5.11 Å². The number of nitrogens with zero attached hydrogens (tertiary/aromatic N) is 1. The smallest absolute Gasteiger partial charge is 0.0714 e. The van der Waals surface area contributed by atoms with E-state index >= 15 is 0 Å². The Hall–Kier alpha value is -0.0200. The van der Waals surface area contributed by atoms with Crippen molar-refractivity contribution in [3.8, 4) is 0 Å². The molecule has 3 unspecified atom stereocenters. The van der Waals surface area contributed by atoms with Gasteiger partial charge in [0.25, 0.3) is 0 Å². The molecule has 0 aromatic heterocycles. The largest absolute Gasteiger partial charge is 0.393 e. The normalized spacial score (nSPS) is 40.6. The highest BCUT2D eigenvalue weighted by Crippen LogP contribution is 2.41. The molecule has 0 aromatic rings. The van der Waals surface area contributed by atoms with E-state index in [1.807, 2.05) is 11.8 Å². The first-order valence-corrected chi connectivity index (χ1v) is 7.63. The van der Waals surface area contributed by atoms with Gasteiger partial charge in [0, 0.05) is 11.2 Å². The van der Waals surface area contributed by atoms with Crippen molar-refractivity contribution in [3.05, 3.63) is 0 Å². The average Bonchev–Trinajstić information content (AvgIpc) is 2.73. The minimum atomic E-state index is -0.0605. The van der Waals surface area contributed by atoms with Crippen LogP contribution >= 0.6 is 11.8 Å². The van der Waals surface area contributed by atoms with E-state index in [1.54, 1.807) is 0 Å². The predicted octanol–water partition coefficient (Wildman–Crippen LogP) is 2.99. The van der Waals surface area contributed by atoms with E-state index in [2.05, 4.69) is 0 Å². The van der Waals surface area contributed by atoms with E-state index in [4.69, 9.17) is 4.99 Å². The van der Waals surface area contributed by atoms with Gasteiger partial charge in [0.05, 0.1) is 17.2 Å². The van der Waals surface area contributed by atoms with E-state index in [9.17, 15) is 5.11 Å². The molecule has 0 spiro atoms. The number of aliphatic hydroxyl groups is 1. The van der Waals surface area contributed by atoms with Crippen LogP contribution in [0.15, 0.2) is 4.99 Å². The molecule has 0 saturated heterocycles. The molecule has 1 N–H and O–H groups in total. The Morgan fingerprint density at radius 3 is 2.69 bits per heavy atom. The summed E-state index contributed by atoms with van der Waals surface area (Å²) in [7, 11) is 0. The summed E-state index contributed by atoms with van der Waals surface area (Å²) in [5.41, 5.74) is 0. The Balaban J connectivity index is 1.65. The summed E-state index contributed by atoms with van der Waals surface area (Å²) in [5, 5.41) is 11.7. The molecule has 0 radical (unpaired) electrons. The van der Waals surface area contributed by atoms with E-state index < -0.39 is 0 Å². The zero-order valence-corrected chi connectivity index (χ0v) is 10.6. The van der Waals surface area contributed by atoms with Gasteiger partial charge >= 0.3 is 0 Å². The van der Waals surface area contributed by atoms with Crippen LogP contribution in [-0.2, 0) is 0 Å². The van der Waals surface area contributed by atoms with E-state index in [0.29, 0.717) is 11.3 Å². The van der Waals surface area contributed by atoms with Crippen molar-refractivity contribution >= 4 is 16.8 Å². The summed E-state index contributed by atoms with van der Waals surface area (Å²) in [4.78, 5) is 4.94. The standard InChI is InChI=1S/C13H21NOS/c15-10-6-7-11-12(8-10)16-13(14-11)9-4-2-1-3-5-9/h9-12,15H,1-8H2. The van der Waals surface area contributed by atoms with E-state index in [0.717, 1.165) is 25.2 Å². The lowest BCUT2D eigenvalue weighted by Crippen LogP contribution is -2.30. The van der Waals surface area contributed by atoms with Crippen LogP contribution in [0.2, 0.25) is 0 Å². The van der Waals surface area contributed by atoms with Crippen molar-refractivity contribution in [2.24, 2.45) is 10.9 Å². The van der Waals surface area contributed by atoms with Gasteiger partial charge in [0.15, 0.2) is 0 Å². The lowest BCUT2D eigenvalue weighted by atomic mass is 9.89. The first-order chi connectivity index (χ1) is 7.83. The summed E-state index contributed by atoms with van der Waals surface area (Å²) < 4.78 is 0. The maximum Gasteiger partial charge on any atom is 0.0714 e. The minimum Gasteiger partial charge on any atom is -0.393 e. The molecular formula is C13H21NOS. The second kappa shape index (κ2) is 4.69. The SMILES string of the molecule is OC1CCC2N=C(C3CCCCC3)SC2C1. The van der Waals surface area contributed by atoms with Crippen LogP contribution in [0.4, 0.5) is 0 Å². The Bertz CT molecular complexity index is 286. The van der Waals surface area contributed by atoms with Crippen molar-refractivity contribution in [2.45, 2.75) is 68.8 Å². The molecule has 3 rings (SSSR count). The number of hydrogen-bond acceptors (Lipinski definition) is 3. The molecule has 16 heavy (non-hydrogen) atoms. The van der Waals surface area contributed by atoms with Crippen LogP contribution in [0, 0.1) is 5.92 Å². The summed E-state index contributed by atoms with van der Waals surface area (Å²) in [6, 6.07) is 0.533. The van der Waals surface area contributed by atoms with Gasteiger partial charge in [-0.15, -0.1) is 11.8 Å². The van der Waals surface area contributed by atoms with Crippen molar-refractivity contribution in [3.63, 3.8) is 0 Å². The molecule has 2 aliphatic carbocycles. The molecule has 0 bridgehead atoms. The second-order valence-corrected chi connectivity index (χ2v) is 6.75. The van der Waals surface area contributed by atoms with Crippen LogP contribution in [0.1, 0.15) is 51.4 Å². The molecule has 2 fully saturated rings. The average molecular weight is 239 g/mol. The number of aliphatic imine (C=N–C) groups is 1. The van der Waals surface area contributed by atoms with E-state index in [1.165, 1.54) is 37.1 Å². The third-order valence-electron chi connectivity index (χ3n) is 4.25. The Kier molecular flexibility index (Phi) is 3.25. The molecule has 90 valence electrons. The van der Waals surface area contributed by atoms with Crippen LogP contribution < -0.4 is 0 Å². The van der Waals surface area contributed by atoms with Gasteiger partial charge in [-0.25, -0.2) is 0 Å².